The van der Waals surface area contributed by atoms with E-state index in [0.717, 1.165) is 31.9 Å². The third-order valence-electron chi connectivity index (χ3n) is 4.32. The maximum absolute atomic E-state index is 11.0. The minimum absolute atomic E-state index is 0.0483. The van der Waals surface area contributed by atoms with Crippen molar-refractivity contribution in [2.24, 2.45) is 0 Å². The topological polar surface area (TPSA) is 71.1 Å². The Kier molecular flexibility index (Phi) is 8.69. The lowest BCUT2D eigenvalue weighted by Gasteiger charge is -2.41. The van der Waals surface area contributed by atoms with Gasteiger partial charge in [0.05, 0.1) is 31.7 Å². The fourth-order valence-electron chi connectivity index (χ4n) is 3.27. The molecule has 1 aliphatic heterocycles. The minimum Gasteiger partial charge on any atom is -0.377 e. The molecule has 0 aromatic heterocycles. The summed E-state index contributed by atoms with van der Waals surface area (Å²) >= 11 is 0. The van der Waals surface area contributed by atoms with E-state index in [1.54, 1.807) is 0 Å². The molecule has 0 aliphatic carbocycles. The van der Waals surface area contributed by atoms with Gasteiger partial charge in [-0.25, -0.2) is 0 Å². The second-order valence-electron chi connectivity index (χ2n) is 7.46. The lowest BCUT2D eigenvalue weighted by Crippen LogP contribution is -2.44. The smallest absolute Gasteiger partial charge is 0.264 e. The van der Waals surface area contributed by atoms with Gasteiger partial charge < -0.3 is 14.2 Å². The molecular formula is C20H32O6S. The van der Waals surface area contributed by atoms with Crippen LogP contribution in [0.25, 0.3) is 0 Å². The van der Waals surface area contributed by atoms with E-state index in [0.29, 0.717) is 19.6 Å². The molecule has 154 valence electrons. The fourth-order valence-corrected chi connectivity index (χ4v) is 3.69. The highest BCUT2D eigenvalue weighted by atomic mass is 32.2. The average molecular weight is 401 g/mol. The summed E-state index contributed by atoms with van der Waals surface area (Å²) in [7, 11) is -3.38. The van der Waals surface area contributed by atoms with Gasteiger partial charge in [-0.1, -0.05) is 30.3 Å². The molecule has 1 heterocycles. The third kappa shape index (κ3) is 9.67. The van der Waals surface area contributed by atoms with Crippen molar-refractivity contribution in [1.82, 2.24) is 0 Å². The standard InChI is InChI=1S/C20H32O6S/c1-20(2)25-18(11-7-13-23-16-17-9-5-4-6-10-17)15-19(26-20)12-8-14-24-27(3,21)22/h4-6,9-10,18-19H,7-8,11-16H2,1-3H3/t18-,19+/m0/s1. The van der Waals surface area contributed by atoms with Crippen LogP contribution in [0.5, 0.6) is 0 Å². The van der Waals surface area contributed by atoms with Gasteiger partial charge in [0, 0.05) is 13.0 Å². The summed E-state index contributed by atoms with van der Waals surface area (Å²) in [6, 6.07) is 10.1. The van der Waals surface area contributed by atoms with Gasteiger partial charge in [0.2, 0.25) is 0 Å². The van der Waals surface area contributed by atoms with Crippen LogP contribution in [-0.4, -0.2) is 45.9 Å². The molecule has 0 unspecified atom stereocenters. The van der Waals surface area contributed by atoms with Crippen LogP contribution in [0.4, 0.5) is 0 Å². The predicted molar refractivity (Wildman–Crippen MR) is 104 cm³/mol. The van der Waals surface area contributed by atoms with E-state index in [-0.39, 0.29) is 18.8 Å². The van der Waals surface area contributed by atoms with Gasteiger partial charge in [-0.15, -0.1) is 0 Å². The highest BCUT2D eigenvalue weighted by Crippen LogP contribution is 2.30. The van der Waals surface area contributed by atoms with Crippen LogP contribution >= 0.6 is 0 Å². The van der Waals surface area contributed by atoms with E-state index >= 15 is 0 Å². The number of hydrogen-bond acceptors (Lipinski definition) is 6. The Morgan fingerprint density at radius 3 is 2.22 bits per heavy atom. The summed E-state index contributed by atoms with van der Waals surface area (Å²) in [6.45, 7) is 5.36. The number of hydrogen-bond donors (Lipinski definition) is 0. The van der Waals surface area contributed by atoms with Crippen molar-refractivity contribution < 1.29 is 26.8 Å². The van der Waals surface area contributed by atoms with Crippen molar-refractivity contribution in [2.75, 3.05) is 19.5 Å². The first-order valence-electron chi connectivity index (χ1n) is 9.55. The molecular weight excluding hydrogens is 368 g/mol. The summed E-state index contributed by atoms with van der Waals surface area (Å²) in [5.74, 6) is -0.629. The average Bonchev–Trinajstić information content (AvgIpc) is 2.57. The molecule has 6 nitrogen and oxygen atoms in total. The molecule has 1 aromatic carbocycles. The summed E-state index contributed by atoms with van der Waals surface area (Å²) in [6.07, 6.45) is 5.28. The highest BCUT2D eigenvalue weighted by Gasteiger charge is 2.34. The first-order valence-corrected chi connectivity index (χ1v) is 11.4. The van der Waals surface area contributed by atoms with Crippen molar-refractivity contribution in [3.05, 3.63) is 35.9 Å². The molecule has 0 bridgehead atoms. The third-order valence-corrected chi connectivity index (χ3v) is 4.92. The monoisotopic (exact) mass is 400 g/mol. The molecule has 0 spiro atoms. The van der Waals surface area contributed by atoms with E-state index in [2.05, 4.69) is 12.1 Å². The van der Waals surface area contributed by atoms with Gasteiger partial charge in [-0.2, -0.15) is 8.42 Å². The Hall–Kier alpha value is -0.990. The van der Waals surface area contributed by atoms with E-state index in [9.17, 15) is 8.42 Å². The Balaban J connectivity index is 1.66. The number of benzene rings is 1. The van der Waals surface area contributed by atoms with Crippen LogP contribution in [-0.2, 0) is 35.1 Å². The molecule has 0 saturated carbocycles. The van der Waals surface area contributed by atoms with Crippen LogP contribution in [0.15, 0.2) is 30.3 Å². The van der Waals surface area contributed by atoms with Gasteiger partial charge in [0.25, 0.3) is 10.1 Å². The van der Waals surface area contributed by atoms with E-state index in [1.165, 1.54) is 5.56 Å². The Morgan fingerprint density at radius 2 is 1.63 bits per heavy atom. The maximum Gasteiger partial charge on any atom is 0.264 e. The normalized spacial score (nSPS) is 22.6. The van der Waals surface area contributed by atoms with Crippen LogP contribution in [0.3, 0.4) is 0 Å². The van der Waals surface area contributed by atoms with Crippen molar-refractivity contribution in [1.29, 1.82) is 0 Å². The first-order chi connectivity index (χ1) is 12.7. The number of ether oxygens (including phenoxy) is 3. The lowest BCUT2D eigenvalue weighted by atomic mass is 10.0. The molecule has 1 aromatic rings. The molecule has 0 N–H and O–H groups in total. The van der Waals surface area contributed by atoms with Crippen LogP contribution in [0.2, 0.25) is 0 Å². The number of rotatable bonds is 11. The van der Waals surface area contributed by atoms with Gasteiger partial charge in [-0.05, 0) is 45.1 Å². The Bertz CT molecular complexity index is 644. The molecule has 1 fully saturated rings. The molecule has 7 heteroatoms. The second kappa shape index (κ2) is 10.5. The zero-order valence-corrected chi connectivity index (χ0v) is 17.4. The van der Waals surface area contributed by atoms with E-state index < -0.39 is 15.9 Å². The highest BCUT2D eigenvalue weighted by molar-refractivity contribution is 7.85. The SMILES string of the molecule is CC1(C)O[C@H](CCCOS(C)(=O)=O)C[C@H](CCCOCc2ccccc2)O1. The van der Waals surface area contributed by atoms with Gasteiger partial charge >= 0.3 is 0 Å². The summed E-state index contributed by atoms with van der Waals surface area (Å²) < 4.78 is 44.6. The summed E-state index contributed by atoms with van der Waals surface area (Å²) in [4.78, 5) is 0. The second-order valence-corrected chi connectivity index (χ2v) is 9.11. The van der Waals surface area contributed by atoms with Crippen LogP contribution < -0.4 is 0 Å². The molecule has 0 radical (unpaired) electrons. The fraction of sp³-hybridized carbons (Fsp3) is 0.700. The largest absolute Gasteiger partial charge is 0.377 e. The molecule has 2 rings (SSSR count). The van der Waals surface area contributed by atoms with Gasteiger partial charge in [-0.3, -0.25) is 4.18 Å². The molecule has 27 heavy (non-hydrogen) atoms. The quantitative estimate of drug-likeness (QED) is 0.417. The van der Waals surface area contributed by atoms with Crippen molar-refractivity contribution in [3.63, 3.8) is 0 Å². The van der Waals surface area contributed by atoms with Crippen LogP contribution in [0, 0.1) is 0 Å². The van der Waals surface area contributed by atoms with E-state index in [4.69, 9.17) is 18.4 Å². The first kappa shape index (κ1) is 22.3. The Morgan fingerprint density at radius 1 is 1.04 bits per heavy atom. The molecule has 0 amide bonds. The van der Waals surface area contributed by atoms with Crippen molar-refractivity contribution >= 4 is 10.1 Å². The maximum atomic E-state index is 11.0. The zero-order chi connectivity index (χ0) is 19.8. The lowest BCUT2D eigenvalue weighted by molar-refractivity contribution is -0.301. The summed E-state index contributed by atoms with van der Waals surface area (Å²) in [5, 5.41) is 0. The molecule has 2 atom stereocenters. The van der Waals surface area contributed by atoms with E-state index in [1.807, 2.05) is 32.0 Å². The van der Waals surface area contributed by atoms with Crippen LogP contribution in [0.1, 0.15) is 51.5 Å². The van der Waals surface area contributed by atoms with Crippen molar-refractivity contribution in [3.8, 4) is 0 Å². The summed E-state index contributed by atoms with van der Waals surface area (Å²) in [5.41, 5.74) is 1.18. The minimum atomic E-state index is -3.38. The van der Waals surface area contributed by atoms with Gasteiger partial charge in [0.1, 0.15) is 0 Å². The zero-order valence-electron chi connectivity index (χ0n) is 16.6. The predicted octanol–water partition coefficient (Wildman–Crippen LogP) is 3.65. The Labute approximate surface area is 163 Å². The molecule has 1 aliphatic rings. The van der Waals surface area contributed by atoms with Crippen molar-refractivity contribution in [2.45, 2.75) is 70.6 Å². The van der Waals surface area contributed by atoms with Gasteiger partial charge in [0.15, 0.2) is 5.79 Å². The molecule has 1 saturated heterocycles.